The molecule has 10 heteroatoms. The molecule has 3 heterocycles. The van der Waals surface area contributed by atoms with Gasteiger partial charge >= 0.3 is 6.09 Å². The van der Waals surface area contributed by atoms with Gasteiger partial charge in [0.1, 0.15) is 23.9 Å². The first-order valence-electron chi connectivity index (χ1n) is 10.4. The predicted molar refractivity (Wildman–Crippen MR) is 124 cm³/mol. The molecule has 0 aliphatic carbocycles. The van der Waals surface area contributed by atoms with Crippen molar-refractivity contribution in [1.82, 2.24) is 14.8 Å². The maximum absolute atomic E-state index is 13.2. The summed E-state index contributed by atoms with van der Waals surface area (Å²) in [4.78, 5) is 38.7. The van der Waals surface area contributed by atoms with Crippen LogP contribution in [0.4, 0.5) is 4.79 Å². The second-order valence-corrected chi connectivity index (χ2v) is 8.73. The summed E-state index contributed by atoms with van der Waals surface area (Å²) in [7, 11) is 1.62. The van der Waals surface area contributed by atoms with Gasteiger partial charge in [0, 0.05) is 30.6 Å². The molecule has 0 saturated carbocycles. The number of carbonyl (C=O) groups is 2. The van der Waals surface area contributed by atoms with E-state index in [1.807, 2.05) is 30.3 Å². The van der Waals surface area contributed by atoms with E-state index in [1.54, 1.807) is 13.2 Å². The van der Waals surface area contributed by atoms with Gasteiger partial charge in [0.05, 0.1) is 24.6 Å². The van der Waals surface area contributed by atoms with Crippen molar-refractivity contribution in [2.24, 2.45) is 5.16 Å². The van der Waals surface area contributed by atoms with Gasteiger partial charge in [0.2, 0.25) is 12.1 Å². The van der Waals surface area contributed by atoms with Crippen LogP contribution in [0.5, 0.6) is 0 Å². The van der Waals surface area contributed by atoms with E-state index in [0.717, 1.165) is 16.5 Å². The van der Waals surface area contributed by atoms with Crippen molar-refractivity contribution in [3.05, 3.63) is 42.1 Å². The number of aromatic nitrogens is 1. The van der Waals surface area contributed by atoms with E-state index in [0.29, 0.717) is 17.5 Å². The molecule has 0 spiro atoms. The van der Waals surface area contributed by atoms with Crippen LogP contribution in [0, 0.1) is 12.3 Å². The molecular weight excluding hydrogens is 492 g/mol. The number of carbonyl (C=O) groups excluding carboxylic acids is 2. The summed E-state index contributed by atoms with van der Waals surface area (Å²) < 4.78 is 11.8. The zero-order valence-electron chi connectivity index (χ0n) is 18.0. The number of pyridine rings is 1. The fourth-order valence-corrected chi connectivity index (χ4v) is 4.23. The maximum atomic E-state index is 13.2. The van der Waals surface area contributed by atoms with Crippen LogP contribution in [-0.2, 0) is 25.7 Å². The average molecular weight is 515 g/mol. The maximum Gasteiger partial charge on any atom is 0.410 e. The fraction of sp³-hybridized carbons (Fsp3) is 0.391. The monoisotopic (exact) mass is 514 g/mol. The average Bonchev–Trinajstić information content (AvgIpc) is 3.46. The van der Waals surface area contributed by atoms with Crippen molar-refractivity contribution in [2.75, 3.05) is 20.2 Å². The third-order valence-corrected chi connectivity index (χ3v) is 6.06. The highest BCUT2D eigenvalue weighted by Gasteiger charge is 2.44. The van der Waals surface area contributed by atoms with Crippen LogP contribution in [-0.4, -0.2) is 70.0 Å². The van der Waals surface area contributed by atoms with Gasteiger partial charge in [-0.15, -0.1) is 6.42 Å². The largest absolute Gasteiger partial charge is 0.444 e. The van der Waals surface area contributed by atoms with Gasteiger partial charge in [0.25, 0.3) is 0 Å². The summed E-state index contributed by atoms with van der Waals surface area (Å²) in [6.07, 6.45) is 6.20. The molecule has 2 aromatic rings. The number of likely N-dealkylation sites (N-methyl/N-ethyl adjacent to an activating group) is 1. The number of rotatable bonds is 6. The first kappa shape index (κ1) is 23.0. The molecule has 9 nitrogen and oxygen atoms in total. The molecule has 33 heavy (non-hydrogen) atoms. The number of fused-ring (bicyclic) bond motifs is 1. The number of terminal acetylenes is 1. The van der Waals surface area contributed by atoms with E-state index in [-0.39, 0.29) is 31.8 Å². The number of likely N-dealkylation sites (tertiary alicyclic amines) is 1. The van der Waals surface area contributed by atoms with E-state index >= 15 is 0 Å². The second kappa shape index (κ2) is 10.2. The number of amides is 2. The highest BCUT2D eigenvalue weighted by molar-refractivity contribution is 9.18. The first-order chi connectivity index (χ1) is 16.0. The predicted octanol–water partition coefficient (Wildman–Crippen LogP) is 2.88. The van der Waals surface area contributed by atoms with Crippen molar-refractivity contribution in [1.29, 1.82) is 0 Å². The second-order valence-electron chi connectivity index (χ2n) is 7.81. The summed E-state index contributed by atoms with van der Waals surface area (Å²) in [5.41, 5.74) is 1.61. The Bertz CT molecular complexity index is 1120. The Hall–Kier alpha value is -3.16. The normalized spacial score (nSPS) is 21.9. The van der Waals surface area contributed by atoms with E-state index in [9.17, 15) is 9.59 Å². The summed E-state index contributed by atoms with van der Waals surface area (Å²) in [6, 6.07) is 8.85. The molecule has 2 amide bonds. The Labute approximate surface area is 199 Å². The summed E-state index contributed by atoms with van der Waals surface area (Å²) in [5.74, 6) is 2.13. The molecule has 4 rings (SSSR count). The SMILES string of the molecule is C#CCO[C@@H]1C[C@@H](C(=O)N(C)[C@@H]2CC(Br)=NO2)N(C(=O)OCc2cnc3ccccc3c2)C1. The lowest BCUT2D eigenvalue weighted by atomic mass is 10.1. The van der Waals surface area contributed by atoms with Gasteiger partial charge in [0.15, 0.2) is 0 Å². The highest BCUT2D eigenvalue weighted by atomic mass is 79.9. The Morgan fingerprint density at radius 1 is 1.39 bits per heavy atom. The molecule has 0 unspecified atom stereocenters. The highest BCUT2D eigenvalue weighted by Crippen LogP contribution is 2.26. The lowest BCUT2D eigenvalue weighted by molar-refractivity contribution is -0.145. The van der Waals surface area contributed by atoms with E-state index in [2.05, 4.69) is 32.0 Å². The lowest BCUT2D eigenvalue weighted by Crippen LogP contribution is -2.49. The quantitative estimate of drug-likeness (QED) is 0.550. The minimum Gasteiger partial charge on any atom is -0.444 e. The number of benzene rings is 1. The van der Waals surface area contributed by atoms with Crippen LogP contribution < -0.4 is 0 Å². The molecule has 1 aromatic carbocycles. The number of oxime groups is 1. The molecular formula is C23H23BrN4O5. The van der Waals surface area contributed by atoms with Gasteiger partial charge in [-0.25, -0.2) is 4.79 Å². The van der Waals surface area contributed by atoms with Crippen LogP contribution >= 0.6 is 15.9 Å². The number of ether oxygens (including phenoxy) is 2. The Morgan fingerprint density at radius 3 is 2.97 bits per heavy atom. The van der Waals surface area contributed by atoms with Crippen LogP contribution in [0.3, 0.4) is 0 Å². The summed E-state index contributed by atoms with van der Waals surface area (Å²) in [6.45, 7) is 0.332. The lowest BCUT2D eigenvalue weighted by Gasteiger charge is -2.29. The van der Waals surface area contributed by atoms with Gasteiger partial charge in [-0.05, 0) is 28.1 Å². The molecule has 172 valence electrons. The van der Waals surface area contributed by atoms with Crippen LogP contribution in [0.25, 0.3) is 10.9 Å². The molecule has 0 radical (unpaired) electrons. The molecule has 1 fully saturated rings. The Morgan fingerprint density at radius 2 is 2.21 bits per heavy atom. The molecule has 1 saturated heterocycles. The summed E-state index contributed by atoms with van der Waals surface area (Å²) in [5, 5.41) is 4.78. The van der Waals surface area contributed by atoms with Gasteiger partial charge in [-0.1, -0.05) is 29.3 Å². The van der Waals surface area contributed by atoms with E-state index < -0.39 is 18.4 Å². The Balaban J connectivity index is 1.44. The number of hydrogen-bond donors (Lipinski definition) is 0. The van der Waals surface area contributed by atoms with Gasteiger partial charge in [-0.3, -0.25) is 14.7 Å². The van der Waals surface area contributed by atoms with Crippen molar-refractivity contribution >= 4 is 43.5 Å². The third kappa shape index (κ3) is 5.26. The van der Waals surface area contributed by atoms with Crippen molar-refractivity contribution in [3.63, 3.8) is 0 Å². The smallest absolute Gasteiger partial charge is 0.410 e. The van der Waals surface area contributed by atoms with Gasteiger partial charge in [-0.2, -0.15) is 0 Å². The van der Waals surface area contributed by atoms with Crippen molar-refractivity contribution in [2.45, 2.75) is 37.8 Å². The van der Waals surface area contributed by atoms with Crippen molar-refractivity contribution in [3.8, 4) is 12.3 Å². The standard InChI is InChI=1S/C23H23BrN4O5/c1-3-8-31-17-10-19(22(29)27(2)21-11-20(24)26-33-21)28(13-17)23(30)32-14-15-9-16-6-4-5-7-18(16)25-12-15/h1,4-7,9,12,17,19,21H,8,10-11,13-14H2,2H3/t17-,19+,21+/m1/s1. The Kier molecular flexibility index (Phi) is 7.11. The molecule has 0 N–H and O–H groups in total. The molecule has 1 aromatic heterocycles. The number of nitrogens with zero attached hydrogens (tertiary/aromatic N) is 4. The molecule has 2 aliphatic heterocycles. The van der Waals surface area contributed by atoms with Crippen LogP contribution in [0.2, 0.25) is 0 Å². The summed E-state index contributed by atoms with van der Waals surface area (Å²) >= 11 is 3.27. The zero-order valence-corrected chi connectivity index (χ0v) is 19.6. The zero-order chi connectivity index (χ0) is 23.4. The minimum absolute atomic E-state index is 0.0340. The number of halogens is 1. The molecule has 2 aliphatic rings. The van der Waals surface area contributed by atoms with Crippen LogP contribution in [0.1, 0.15) is 18.4 Å². The first-order valence-corrected chi connectivity index (χ1v) is 11.2. The molecule has 3 atom stereocenters. The molecule has 0 bridgehead atoms. The van der Waals surface area contributed by atoms with Gasteiger partial charge < -0.3 is 19.2 Å². The number of para-hydroxylation sites is 1. The minimum atomic E-state index is -0.761. The topological polar surface area (TPSA) is 93.6 Å². The van der Waals surface area contributed by atoms with Crippen LogP contribution in [0.15, 0.2) is 41.7 Å². The van der Waals surface area contributed by atoms with E-state index in [1.165, 1.54) is 9.80 Å². The van der Waals surface area contributed by atoms with Crippen molar-refractivity contribution < 1.29 is 23.9 Å². The third-order valence-electron chi connectivity index (χ3n) is 5.59. The fourth-order valence-electron chi connectivity index (χ4n) is 3.86. The number of hydrogen-bond acceptors (Lipinski definition) is 7. The van der Waals surface area contributed by atoms with E-state index in [4.69, 9.17) is 20.7 Å².